The topological polar surface area (TPSA) is 119 Å². The number of amides is 1. The number of carbonyl (C=O) groups is 1. The number of halogens is 2. The summed E-state index contributed by atoms with van der Waals surface area (Å²) in [5.41, 5.74) is 2.71. The van der Waals surface area contributed by atoms with Crippen LogP contribution in [0.25, 0.3) is 16.7 Å². The van der Waals surface area contributed by atoms with Gasteiger partial charge in [0, 0.05) is 38.3 Å². The molecular formula is C39H42Cl2N8O4. The van der Waals surface area contributed by atoms with Gasteiger partial charge in [-0.1, -0.05) is 67.9 Å². The Morgan fingerprint density at radius 2 is 1.55 bits per heavy atom. The van der Waals surface area contributed by atoms with Crippen molar-refractivity contribution >= 4 is 51.8 Å². The number of rotatable bonds is 11. The number of nitrogens with zero attached hydrogens (tertiary/aromatic N) is 8. The monoisotopic (exact) mass is 756 g/mol. The van der Waals surface area contributed by atoms with E-state index in [0.29, 0.717) is 54.6 Å². The fourth-order valence-corrected chi connectivity index (χ4v) is 7.00. The summed E-state index contributed by atoms with van der Waals surface area (Å²) < 4.78 is 12.3. The molecule has 3 aromatic heterocycles. The van der Waals surface area contributed by atoms with Gasteiger partial charge in [-0.3, -0.25) is 4.79 Å². The standard InChI is InChI=1S/C39H42Cl2N8O4/c1-8-32(50)47-18-25(5)48(19-24(47)4)36-30-17-31(40)35(41)44-37(30)49(39(51)45-36)34-33(23(2)3)42-22-43-38(34)46(20-26-9-13-28(52-6)14-10-26)21-27-11-15-29(53-7)16-12-27/h8-17,22-25H,1,18-21H2,2-7H3/t24-,25+/m1/s1. The number of piperazine rings is 1. The number of hydrogen-bond donors (Lipinski definition) is 0. The summed E-state index contributed by atoms with van der Waals surface area (Å²) >= 11 is 13.2. The molecular weight excluding hydrogens is 715 g/mol. The van der Waals surface area contributed by atoms with E-state index in [9.17, 15) is 9.59 Å². The molecule has 1 aliphatic heterocycles. The van der Waals surface area contributed by atoms with Crippen molar-refractivity contribution in [2.24, 2.45) is 0 Å². The highest BCUT2D eigenvalue weighted by Gasteiger charge is 2.34. The zero-order valence-corrected chi connectivity index (χ0v) is 32.1. The van der Waals surface area contributed by atoms with Crippen LogP contribution in [0.15, 0.2) is 78.4 Å². The third kappa shape index (κ3) is 7.65. The highest BCUT2D eigenvalue weighted by Crippen LogP contribution is 2.36. The molecule has 0 radical (unpaired) electrons. The van der Waals surface area contributed by atoms with E-state index in [-0.39, 0.29) is 39.7 Å². The van der Waals surface area contributed by atoms with E-state index in [4.69, 9.17) is 52.6 Å². The first-order valence-electron chi connectivity index (χ1n) is 17.3. The van der Waals surface area contributed by atoms with Crippen molar-refractivity contribution in [3.05, 3.63) is 111 Å². The van der Waals surface area contributed by atoms with Crippen LogP contribution in [0.5, 0.6) is 11.5 Å². The van der Waals surface area contributed by atoms with E-state index >= 15 is 0 Å². The van der Waals surface area contributed by atoms with Crippen molar-refractivity contribution < 1.29 is 14.3 Å². The van der Waals surface area contributed by atoms with Gasteiger partial charge in [-0.25, -0.2) is 24.3 Å². The minimum absolute atomic E-state index is 0.0325. The van der Waals surface area contributed by atoms with Crippen LogP contribution >= 0.6 is 23.2 Å². The Hall–Kier alpha value is -5.20. The Morgan fingerprint density at radius 3 is 2.09 bits per heavy atom. The molecule has 53 heavy (non-hydrogen) atoms. The Balaban J connectivity index is 1.57. The highest BCUT2D eigenvalue weighted by molar-refractivity contribution is 6.41. The molecule has 276 valence electrons. The quantitative estimate of drug-likeness (QED) is 0.105. The second-order valence-corrected chi connectivity index (χ2v) is 14.1. The van der Waals surface area contributed by atoms with E-state index in [1.54, 1.807) is 25.2 Å². The van der Waals surface area contributed by atoms with Crippen molar-refractivity contribution in [3.63, 3.8) is 0 Å². The number of fused-ring (bicyclic) bond motifs is 1. The molecule has 0 unspecified atom stereocenters. The minimum Gasteiger partial charge on any atom is -0.497 e. The average molecular weight is 758 g/mol. The van der Waals surface area contributed by atoms with Crippen LogP contribution < -0.4 is 25.0 Å². The maximum absolute atomic E-state index is 14.6. The van der Waals surface area contributed by atoms with Crippen LogP contribution in [0, 0.1) is 0 Å². The Kier molecular flexibility index (Phi) is 11.2. The van der Waals surface area contributed by atoms with Crippen LogP contribution in [0.2, 0.25) is 10.2 Å². The SMILES string of the molecule is C=CC(=O)N1C[C@H](C)N(c2nc(=O)n(-c3c(C(C)C)ncnc3N(Cc3ccc(OC)cc3)Cc3ccc(OC)cc3)c3nc(Cl)c(Cl)cc23)C[C@H]1C. The van der Waals surface area contributed by atoms with Crippen molar-refractivity contribution in [3.8, 4) is 17.2 Å². The van der Waals surface area contributed by atoms with Gasteiger partial charge in [0.25, 0.3) is 0 Å². The van der Waals surface area contributed by atoms with Gasteiger partial charge < -0.3 is 24.2 Å². The minimum atomic E-state index is -0.588. The largest absolute Gasteiger partial charge is 0.497 e. The molecule has 1 fully saturated rings. The average Bonchev–Trinajstić information content (AvgIpc) is 3.16. The molecule has 2 atom stereocenters. The molecule has 0 aliphatic carbocycles. The number of carbonyl (C=O) groups excluding carboxylic acids is 1. The molecule has 1 aliphatic rings. The van der Waals surface area contributed by atoms with Gasteiger partial charge >= 0.3 is 5.69 Å². The van der Waals surface area contributed by atoms with Crippen molar-refractivity contribution in [2.45, 2.75) is 58.8 Å². The summed E-state index contributed by atoms with van der Waals surface area (Å²) in [5.74, 6) is 2.10. The lowest BCUT2D eigenvalue weighted by Crippen LogP contribution is -2.58. The lowest BCUT2D eigenvalue weighted by molar-refractivity contribution is -0.128. The van der Waals surface area contributed by atoms with Gasteiger partial charge in [0.15, 0.2) is 11.5 Å². The predicted molar refractivity (Wildman–Crippen MR) is 209 cm³/mol. The van der Waals surface area contributed by atoms with E-state index < -0.39 is 5.69 Å². The fourth-order valence-electron chi connectivity index (χ4n) is 6.71. The van der Waals surface area contributed by atoms with Gasteiger partial charge in [0.2, 0.25) is 5.91 Å². The molecule has 1 amide bonds. The summed E-state index contributed by atoms with van der Waals surface area (Å²) in [4.78, 5) is 52.1. The number of hydrogen-bond acceptors (Lipinski definition) is 10. The molecule has 1 saturated heterocycles. The smallest absolute Gasteiger partial charge is 0.356 e. The molecule has 5 aromatic rings. The number of pyridine rings is 1. The van der Waals surface area contributed by atoms with E-state index in [1.165, 1.54) is 17.0 Å². The molecule has 12 nitrogen and oxygen atoms in total. The second-order valence-electron chi connectivity index (χ2n) is 13.4. The van der Waals surface area contributed by atoms with Crippen LogP contribution in [-0.2, 0) is 17.9 Å². The molecule has 0 spiro atoms. The number of methoxy groups -OCH3 is 2. The second kappa shape index (κ2) is 15.8. The first-order chi connectivity index (χ1) is 25.4. The number of aromatic nitrogens is 5. The van der Waals surface area contributed by atoms with Crippen LogP contribution in [0.1, 0.15) is 50.4 Å². The summed E-state index contributed by atoms with van der Waals surface area (Å²) in [6, 6.07) is 16.9. The molecule has 0 saturated carbocycles. The van der Waals surface area contributed by atoms with Crippen molar-refractivity contribution in [1.82, 2.24) is 29.4 Å². The molecule has 6 rings (SSSR count). The lowest BCUT2D eigenvalue weighted by Gasteiger charge is -2.44. The van der Waals surface area contributed by atoms with Gasteiger partial charge in [-0.15, -0.1) is 0 Å². The maximum atomic E-state index is 14.6. The first kappa shape index (κ1) is 37.6. The predicted octanol–water partition coefficient (Wildman–Crippen LogP) is 6.84. The Bertz CT molecular complexity index is 2140. The maximum Gasteiger partial charge on any atom is 0.356 e. The molecule has 2 aromatic carbocycles. The number of ether oxygens (including phenoxy) is 2. The van der Waals surface area contributed by atoms with Crippen molar-refractivity contribution in [2.75, 3.05) is 37.1 Å². The van der Waals surface area contributed by atoms with Crippen LogP contribution in [0.4, 0.5) is 11.6 Å². The summed E-state index contributed by atoms with van der Waals surface area (Å²) in [5, 5.41) is 0.760. The third-order valence-corrected chi connectivity index (χ3v) is 10.1. The number of benzene rings is 2. The van der Waals surface area contributed by atoms with Gasteiger partial charge in [0.05, 0.1) is 30.3 Å². The fraction of sp³-hybridized carbons (Fsp3) is 0.333. The lowest BCUT2D eigenvalue weighted by atomic mass is 10.1. The molecule has 14 heteroatoms. The Morgan fingerprint density at radius 1 is 0.943 bits per heavy atom. The van der Waals surface area contributed by atoms with Crippen LogP contribution in [0.3, 0.4) is 0 Å². The number of anilines is 2. The summed E-state index contributed by atoms with van der Waals surface area (Å²) in [7, 11) is 3.26. The third-order valence-electron chi connectivity index (χ3n) is 9.44. The normalized spacial score (nSPS) is 15.9. The van der Waals surface area contributed by atoms with E-state index in [1.807, 2.05) is 81.1 Å². The van der Waals surface area contributed by atoms with E-state index in [2.05, 4.69) is 11.5 Å². The molecule has 0 N–H and O–H groups in total. The Labute approximate surface area is 318 Å². The van der Waals surface area contributed by atoms with Crippen LogP contribution in [-0.4, -0.2) is 74.7 Å². The van der Waals surface area contributed by atoms with Gasteiger partial charge in [0.1, 0.15) is 34.5 Å². The first-order valence-corrected chi connectivity index (χ1v) is 18.0. The summed E-state index contributed by atoms with van der Waals surface area (Å²) in [6.45, 7) is 13.3. The van der Waals surface area contributed by atoms with Crippen molar-refractivity contribution in [1.29, 1.82) is 0 Å². The highest BCUT2D eigenvalue weighted by atomic mass is 35.5. The zero-order chi connectivity index (χ0) is 38.0. The molecule has 4 heterocycles. The van der Waals surface area contributed by atoms with Gasteiger partial charge in [-0.05, 0) is 67.3 Å². The van der Waals surface area contributed by atoms with Gasteiger partial charge in [-0.2, -0.15) is 4.98 Å². The summed E-state index contributed by atoms with van der Waals surface area (Å²) in [6.07, 6.45) is 2.83. The zero-order valence-electron chi connectivity index (χ0n) is 30.6. The molecule has 0 bridgehead atoms. The van der Waals surface area contributed by atoms with E-state index in [0.717, 1.165) is 22.6 Å².